The molecular weight excluding hydrogens is 164 g/mol. The second-order valence-corrected chi connectivity index (χ2v) is 4.34. The molecule has 1 N–H and O–H groups in total. The first-order valence-electron chi connectivity index (χ1n) is 4.71. The fraction of sp³-hybridized carbons (Fsp3) is 0.800. The lowest BCUT2D eigenvalue weighted by atomic mass is 10.1. The molecule has 2 unspecified atom stereocenters. The summed E-state index contributed by atoms with van der Waals surface area (Å²) in [6.07, 6.45) is 1.62. The Bertz CT molecular complexity index is 252. The largest absolute Gasteiger partial charge is 0.352 e. The van der Waals surface area contributed by atoms with Gasteiger partial charge in [-0.25, -0.2) is 0 Å². The molecule has 0 aromatic rings. The number of carbonyl (C=O) groups excluding carboxylic acids is 1. The van der Waals surface area contributed by atoms with Gasteiger partial charge in [0.25, 0.3) is 0 Å². The van der Waals surface area contributed by atoms with E-state index in [1.54, 1.807) is 0 Å². The van der Waals surface area contributed by atoms with Gasteiger partial charge in [-0.1, -0.05) is 20.8 Å². The van der Waals surface area contributed by atoms with Crippen LogP contribution in [0, 0.1) is 22.7 Å². The Morgan fingerprint density at radius 3 is 2.62 bits per heavy atom. The van der Waals surface area contributed by atoms with Crippen LogP contribution in [0.5, 0.6) is 0 Å². The lowest BCUT2D eigenvalue weighted by Crippen LogP contribution is -2.33. The minimum Gasteiger partial charge on any atom is -0.352 e. The van der Waals surface area contributed by atoms with E-state index in [9.17, 15) is 4.79 Å². The number of nitriles is 1. The molecule has 2 atom stereocenters. The fourth-order valence-electron chi connectivity index (χ4n) is 1.32. The zero-order valence-electron chi connectivity index (χ0n) is 8.42. The summed E-state index contributed by atoms with van der Waals surface area (Å²) in [4.78, 5) is 11.4. The summed E-state index contributed by atoms with van der Waals surface area (Å²) >= 11 is 0. The summed E-state index contributed by atoms with van der Waals surface area (Å²) in [5.41, 5.74) is 0.239. The molecule has 0 aliphatic heterocycles. The molecule has 3 heteroatoms. The number of amides is 1. The van der Waals surface area contributed by atoms with Crippen molar-refractivity contribution in [1.82, 2.24) is 5.32 Å². The van der Waals surface area contributed by atoms with E-state index < -0.39 is 5.92 Å². The molecule has 1 aliphatic rings. The molecule has 0 bridgehead atoms. The number of nitrogens with one attached hydrogen (secondary N) is 1. The van der Waals surface area contributed by atoms with Crippen molar-refractivity contribution in [3.8, 4) is 6.07 Å². The third-order valence-electron chi connectivity index (χ3n) is 2.71. The van der Waals surface area contributed by atoms with Crippen LogP contribution in [0.3, 0.4) is 0 Å². The van der Waals surface area contributed by atoms with Crippen LogP contribution in [0.4, 0.5) is 0 Å². The maximum atomic E-state index is 11.4. The Kier molecular flexibility index (Phi) is 2.60. The number of hydrogen-bond acceptors (Lipinski definition) is 2. The Morgan fingerprint density at radius 1 is 1.77 bits per heavy atom. The third-order valence-corrected chi connectivity index (χ3v) is 2.71. The van der Waals surface area contributed by atoms with Gasteiger partial charge in [0.2, 0.25) is 5.91 Å². The maximum Gasteiger partial charge on any atom is 0.237 e. The maximum absolute atomic E-state index is 11.4. The molecule has 1 fully saturated rings. The van der Waals surface area contributed by atoms with Gasteiger partial charge in [0, 0.05) is 6.04 Å². The van der Waals surface area contributed by atoms with E-state index in [1.807, 2.05) is 13.0 Å². The van der Waals surface area contributed by atoms with Crippen LogP contribution >= 0.6 is 0 Å². The van der Waals surface area contributed by atoms with Gasteiger partial charge in [-0.15, -0.1) is 0 Å². The first-order valence-corrected chi connectivity index (χ1v) is 4.71. The molecule has 0 saturated heterocycles. The molecule has 3 nitrogen and oxygen atoms in total. The van der Waals surface area contributed by atoms with Crippen molar-refractivity contribution in [3.05, 3.63) is 0 Å². The van der Waals surface area contributed by atoms with Crippen LogP contribution in [0.25, 0.3) is 0 Å². The van der Waals surface area contributed by atoms with Gasteiger partial charge in [-0.2, -0.15) is 5.26 Å². The lowest BCUT2D eigenvalue weighted by molar-refractivity contribution is -0.123. The molecule has 1 amide bonds. The van der Waals surface area contributed by atoms with Crippen LogP contribution in [-0.2, 0) is 4.79 Å². The normalized spacial score (nSPS) is 25.8. The van der Waals surface area contributed by atoms with Gasteiger partial charge < -0.3 is 5.32 Å². The first-order chi connectivity index (χ1) is 6.01. The monoisotopic (exact) mass is 180 g/mol. The zero-order chi connectivity index (χ0) is 10.1. The Labute approximate surface area is 79.1 Å². The van der Waals surface area contributed by atoms with Crippen molar-refractivity contribution in [1.29, 1.82) is 5.26 Å². The summed E-state index contributed by atoms with van der Waals surface area (Å²) in [6, 6.07) is 2.28. The van der Waals surface area contributed by atoms with Gasteiger partial charge in [0.1, 0.15) is 5.92 Å². The quantitative estimate of drug-likeness (QED) is 0.714. The molecule has 0 spiro atoms. The van der Waals surface area contributed by atoms with Gasteiger partial charge in [-0.05, 0) is 18.3 Å². The molecule has 1 aliphatic carbocycles. The van der Waals surface area contributed by atoms with E-state index >= 15 is 0 Å². The minimum absolute atomic E-state index is 0.111. The average molecular weight is 180 g/mol. The molecule has 0 aromatic heterocycles. The van der Waals surface area contributed by atoms with E-state index in [1.165, 1.54) is 0 Å². The molecule has 0 aromatic carbocycles. The number of hydrogen-bond donors (Lipinski definition) is 1. The Hall–Kier alpha value is -1.04. The van der Waals surface area contributed by atoms with E-state index in [2.05, 4.69) is 19.2 Å². The third kappa shape index (κ3) is 2.21. The second-order valence-electron chi connectivity index (χ2n) is 4.34. The number of carbonyl (C=O) groups is 1. The van der Waals surface area contributed by atoms with Crippen LogP contribution in [0.15, 0.2) is 0 Å². The average Bonchev–Trinajstić information content (AvgIpc) is 2.61. The molecule has 0 heterocycles. The second kappa shape index (κ2) is 3.37. The Balaban J connectivity index is 2.39. The van der Waals surface area contributed by atoms with Gasteiger partial charge in [0.15, 0.2) is 0 Å². The van der Waals surface area contributed by atoms with Crippen molar-refractivity contribution in [2.24, 2.45) is 11.3 Å². The summed E-state index contributed by atoms with van der Waals surface area (Å²) < 4.78 is 0. The van der Waals surface area contributed by atoms with Crippen LogP contribution in [0.1, 0.15) is 33.6 Å². The summed E-state index contributed by atoms with van der Waals surface area (Å²) in [7, 11) is 0. The summed E-state index contributed by atoms with van der Waals surface area (Å²) in [6.45, 7) is 6.09. The first kappa shape index (κ1) is 10.0. The SMILES string of the molecule is CCC(C#N)C(=O)NC1CC1(C)C. The van der Waals surface area contributed by atoms with Crippen LogP contribution in [-0.4, -0.2) is 11.9 Å². The van der Waals surface area contributed by atoms with Crippen molar-refractivity contribution >= 4 is 5.91 Å². The predicted octanol–water partition coefficient (Wildman–Crippen LogP) is 1.45. The minimum atomic E-state index is -0.476. The predicted molar refractivity (Wildman–Crippen MR) is 49.7 cm³/mol. The highest BCUT2D eigenvalue weighted by molar-refractivity contribution is 5.81. The van der Waals surface area contributed by atoms with E-state index in [0.717, 1.165) is 6.42 Å². The van der Waals surface area contributed by atoms with Crippen molar-refractivity contribution in [3.63, 3.8) is 0 Å². The van der Waals surface area contributed by atoms with Gasteiger partial charge in [0.05, 0.1) is 6.07 Å². The van der Waals surface area contributed by atoms with Crippen molar-refractivity contribution < 1.29 is 4.79 Å². The highest BCUT2D eigenvalue weighted by Gasteiger charge is 2.46. The molecular formula is C10H16N2O. The van der Waals surface area contributed by atoms with Crippen LogP contribution < -0.4 is 5.32 Å². The molecule has 72 valence electrons. The van der Waals surface area contributed by atoms with E-state index in [0.29, 0.717) is 6.42 Å². The number of nitrogens with zero attached hydrogens (tertiary/aromatic N) is 1. The smallest absolute Gasteiger partial charge is 0.237 e. The summed E-state index contributed by atoms with van der Waals surface area (Å²) in [5.74, 6) is -0.586. The highest BCUT2D eigenvalue weighted by Crippen LogP contribution is 2.44. The molecule has 1 saturated carbocycles. The zero-order valence-corrected chi connectivity index (χ0v) is 8.42. The topological polar surface area (TPSA) is 52.9 Å². The van der Waals surface area contributed by atoms with Crippen LogP contribution in [0.2, 0.25) is 0 Å². The molecule has 13 heavy (non-hydrogen) atoms. The fourth-order valence-corrected chi connectivity index (χ4v) is 1.32. The lowest BCUT2D eigenvalue weighted by Gasteiger charge is -2.09. The highest BCUT2D eigenvalue weighted by atomic mass is 16.2. The molecule has 1 rings (SSSR count). The van der Waals surface area contributed by atoms with E-state index in [-0.39, 0.29) is 17.4 Å². The van der Waals surface area contributed by atoms with Gasteiger partial charge >= 0.3 is 0 Å². The van der Waals surface area contributed by atoms with Gasteiger partial charge in [-0.3, -0.25) is 4.79 Å². The van der Waals surface area contributed by atoms with Crippen molar-refractivity contribution in [2.75, 3.05) is 0 Å². The van der Waals surface area contributed by atoms with E-state index in [4.69, 9.17) is 5.26 Å². The number of rotatable bonds is 3. The molecule has 0 radical (unpaired) electrons. The Morgan fingerprint density at radius 2 is 2.31 bits per heavy atom. The summed E-state index contributed by atoms with van der Waals surface area (Å²) in [5, 5.41) is 11.5. The van der Waals surface area contributed by atoms with Crippen molar-refractivity contribution in [2.45, 2.75) is 39.7 Å². The standard InChI is InChI=1S/C10H16N2O/c1-4-7(6-11)9(13)12-8-5-10(8,2)3/h7-8H,4-5H2,1-3H3,(H,12,13).